The van der Waals surface area contributed by atoms with Crippen LogP contribution in [0.1, 0.15) is 26.7 Å². The molecule has 1 saturated heterocycles. The van der Waals surface area contributed by atoms with Crippen molar-refractivity contribution in [3.63, 3.8) is 0 Å². The van der Waals surface area contributed by atoms with E-state index in [1.165, 1.54) is 12.1 Å². The molecule has 21 heavy (non-hydrogen) atoms. The van der Waals surface area contributed by atoms with Crippen LogP contribution in [0, 0.1) is 11.7 Å². The summed E-state index contributed by atoms with van der Waals surface area (Å²) >= 11 is 0. The maximum absolute atomic E-state index is 13.2. The van der Waals surface area contributed by atoms with E-state index >= 15 is 0 Å². The SMILES string of the molecule is CC(C)CN(CC1CCCN1)C(=O)Nc1cccc(F)c1. The fourth-order valence-corrected chi connectivity index (χ4v) is 2.63. The van der Waals surface area contributed by atoms with Gasteiger partial charge in [0.15, 0.2) is 0 Å². The average Bonchev–Trinajstić information content (AvgIpc) is 2.90. The lowest BCUT2D eigenvalue weighted by Crippen LogP contribution is -2.44. The predicted octanol–water partition coefficient (Wildman–Crippen LogP) is 3.07. The van der Waals surface area contributed by atoms with Crippen molar-refractivity contribution in [1.82, 2.24) is 10.2 Å². The smallest absolute Gasteiger partial charge is 0.321 e. The molecule has 1 aromatic rings. The van der Waals surface area contributed by atoms with E-state index in [2.05, 4.69) is 24.5 Å². The number of carbonyl (C=O) groups excluding carboxylic acids is 1. The summed E-state index contributed by atoms with van der Waals surface area (Å²) in [4.78, 5) is 14.2. The molecule has 1 fully saturated rings. The molecule has 5 heteroatoms. The normalized spacial score (nSPS) is 18.0. The van der Waals surface area contributed by atoms with Gasteiger partial charge >= 0.3 is 6.03 Å². The highest BCUT2D eigenvalue weighted by Crippen LogP contribution is 2.13. The van der Waals surface area contributed by atoms with E-state index < -0.39 is 0 Å². The zero-order chi connectivity index (χ0) is 15.2. The maximum Gasteiger partial charge on any atom is 0.321 e. The van der Waals surface area contributed by atoms with Gasteiger partial charge in [-0.05, 0) is 43.5 Å². The average molecular weight is 293 g/mol. The summed E-state index contributed by atoms with van der Waals surface area (Å²) in [5.74, 6) is 0.0466. The van der Waals surface area contributed by atoms with Crippen LogP contribution in [0.4, 0.5) is 14.9 Å². The van der Waals surface area contributed by atoms with Crippen molar-refractivity contribution in [3.05, 3.63) is 30.1 Å². The number of urea groups is 1. The van der Waals surface area contributed by atoms with Crippen molar-refractivity contribution in [1.29, 1.82) is 0 Å². The van der Waals surface area contributed by atoms with E-state index in [9.17, 15) is 9.18 Å². The number of hydrogen-bond acceptors (Lipinski definition) is 2. The number of benzene rings is 1. The minimum atomic E-state index is -0.347. The summed E-state index contributed by atoms with van der Waals surface area (Å²) < 4.78 is 13.2. The van der Waals surface area contributed by atoms with Gasteiger partial charge < -0.3 is 15.5 Å². The molecule has 1 heterocycles. The monoisotopic (exact) mass is 293 g/mol. The standard InChI is InChI=1S/C16H24FN3O/c1-12(2)10-20(11-15-7-4-8-18-15)16(21)19-14-6-3-5-13(17)9-14/h3,5-6,9,12,15,18H,4,7-8,10-11H2,1-2H3,(H,19,21). The Hall–Kier alpha value is -1.62. The van der Waals surface area contributed by atoms with Crippen LogP contribution in [-0.4, -0.2) is 36.6 Å². The second-order valence-electron chi connectivity index (χ2n) is 6.03. The van der Waals surface area contributed by atoms with E-state index in [1.54, 1.807) is 12.1 Å². The predicted molar refractivity (Wildman–Crippen MR) is 82.9 cm³/mol. The van der Waals surface area contributed by atoms with E-state index in [4.69, 9.17) is 0 Å². The number of anilines is 1. The molecule has 0 aliphatic carbocycles. The van der Waals surface area contributed by atoms with Gasteiger partial charge in [0, 0.05) is 24.8 Å². The van der Waals surface area contributed by atoms with Crippen molar-refractivity contribution in [2.24, 2.45) is 5.92 Å². The lowest BCUT2D eigenvalue weighted by molar-refractivity contribution is 0.198. The molecule has 116 valence electrons. The summed E-state index contributed by atoms with van der Waals surface area (Å²) in [6, 6.07) is 6.19. The Morgan fingerprint density at radius 1 is 1.52 bits per heavy atom. The van der Waals surface area contributed by atoms with Crippen LogP contribution >= 0.6 is 0 Å². The molecular weight excluding hydrogens is 269 g/mol. The first kappa shape index (κ1) is 15.8. The summed E-state index contributed by atoms with van der Waals surface area (Å²) in [5, 5.41) is 6.19. The zero-order valence-electron chi connectivity index (χ0n) is 12.7. The molecule has 1 atom stereocenters. The molecule has 2 rings (SSSR count). The van der Waals surface area contributed by atoms with Gasteiger partial charge in [-0.25, -0.2) is 9.18 Å². The van der Waals surface area contributed by atoms with Crippen molar-refractivity contribution < 1.29 is 9.18 Å². The molecule has 0 aromatic heterocycles. The first-order valence-electron chi connectivity index (χ1n) is 7.59. The summed E-state index contributed by atoms with van der Waals surface area (Å²) in [7, 11) is 0. The summed E-state index contributed by atoms with van der Waals surface area (Å²) in [6.45, 7) is 6.58. The van der Waals surface area contributed by atoms with Gasteiger partial charge in [0.2, 0.25) is 0 Å². The molecule has 1 unspecified atom stereocenters. The van der Waals surface area contributed by atoms with Crippen molar-refractivity contribution >= 4 is 11.7 Å². The van der Waals surface area contributed by atoms with Crippen molar-refractivity contribution in [2.75, 3.05) is 25.0 Å². The maximum atomic E-state index is 13.2. The third kappa shape index (κ3) is 5.01. The van der Waals surface area contributed by atoms with Gasteiger partial charge in [-0.1, -0.05) is 19.9 Å². The van der Waals surface area contributed by atoms with Gasteiger partial charge in [0.25, 0.3) is 0 Å². The molecular formula is C16H24FN3O. The molecule has 0 bridgehead atoms. The van der Waals surface area contributed by atoms with Gasteiger partial charge in [0.05, 0.1) is 0 Å². The number of nitrogens with zero attached hydrogens (tertiary/aromatic N) is 1. The Labute approximate surface area is 125 Å². The second kappa shape index (κ2) is 7.41. The number of rotatable bonds is 5. The highest BCUT2D eigenvalue weighted by atomic mass is 19.1. The third-order valence-corrected chi connectivity index (χ3v) is 3.55. The fraction of sp³-hybridized carbons (Fsp3) is 0.562. The lowest BCUT2D eigenvalue weighted by Gasteiger charge is -2.27. The Morgan fingerprint density at radius 3 is 2.95 bits per heavy atom. The molecule has 0 radical (unpaired) electrons. The molecule has 0 spiro atoms. The quantitative estimate of drug-likeness (QED) is 0.876. The molecule has 4 nitrogen and oxygen atoms in total. The largest absolute Gasteiger partial charge is 0.323 e. The number of carbonyl (C=O) groups is 1. The lowest BCUT2D eigenvalue weighted by atomic mass is 10.1. The zero-order valence-corrected chi connectivity index (χ0v) is 12.7. The Bertz CT molecular complexity index is 472. The summed E-state index contributed by atoms with van der Waals surface area (Å²) in [6.07, 6.45) is 2.26. The van der Waals surface area contributed by atoms with Crippen LogP contribution in [0.15, 0.2) is 24.3 Å². The van der Waals surface area contributed by atoms with E-state index in [0.717, 1.165) is 19.4 Å². The number of amides is 2. The molecule has 2 N–H and O–H groups in total. The van der Waals surface area contributed by atoms with Crippen LogP contribution < -0.4 is 10.6 Å². The minimum Gasteiger partial charge on any atom is -0.323 e. The van der Waals surface area contributed by atoms with Crippen molar-refractivity contribution in [2.45, 2.75) is 32.7 Å². The van der Waals surface area contributed by atoms with E-state index in [0.29, 0.717) is 30.7 Å². The number of hydrogen-bond donors (Lipinski definition) is 2. The first-order valence-corrected chi connectivity index (χ1v) is 7.59. The molecule has 0 saturated carbocycles. The molecule has 1 aromatic carbocycles. The van der Waals surface area contributed by atoms with Gasteiger partial charge in [-0.15, -0.1) is 0 Å². The third-order valence-electron chi connectivity index (χ3n) is 3.55. The Balaban J connectivity index is 1.98. The molecule has 1 aliphatic rings. The molecule has 1 aliphatic heterocycles. The van der Waals surface area contributed by atoms with Crippen LogP contribution in [0.2, 0.25) is 0 Å². The summed E-state index contributed by atoms with van der Waals surface area (Å²) in [5.41, 5.74) is 0.494. The Morgan fingerprint density at radius 2 is 2.33 bits per heavy atom. The fourth-order valence-electron chi connectivity index (χ4n) is 2.63. The van der Waals surface area contributed by atoms with Crippen molar-refractivity contribution in [3.8, 4) is 0 Å². The van der Waals surface area contributed by atoms with Crippen LogP contribution in [-0.2, 0) is 0 Å². The first-order chi connectivity index (χ1) is 10.0. The Kier molecular flexibility index (Phi) is 5.56. The van der Waals surface area contributed by atoms with Crippen LogP contribution in [0.3, 0.4) is 0 Å². The number of nitrogens with one attached hydrogen (secondary N) is 2. The van der Waals surface area contributed by atoms with Crippen LogP contribution in [0.5, 0.6) is 0 Å². The van der Waals surface area contributed by atoms with Gasteiger partial charge in [-0.3, -0.25) is 0 Å². The van der Waals surface area contributed by atoms with Gasteiger partial charge in [0.1, 0.15) is 5.82 Å². The minimum absolute atomic E-state index is 0.164. The highest BCUT2D eigenvalue weighted by molar-refractivity contribution is 5.89. The molecule has 2 amide bonds. The second-order valence-corrected chi connectivity index (χ2v) is 6.03. The van der Waals surface area contributed by atoms with E-state index in [-0.39, 0.29) is 11.8 Å². The van der Waals surface area contributed by atoms with Gasteiger partial charge in [-0.2, -0.15) is 0 Å². The van der Waals surface area contributed by atoms with E-state index in [1.807, 2.05) is 4.90 Å². The topological polar surface area (TPSA) is 44.4 Å². The van der Waals surface area contributed by atoms with Crippen LogP contribution in [0.25, 0.3) is 0 Å². The highest BCUT2D eigenvalue weighted by Gasteiger charge is 2.22. The number of halogens is 1.